The van der Waals surface area contributed by atoms with Crippen molar-refractivity contribution in [3.05, 3.63) is 30.1 Å². The van der Waals surface area contributed by atoms with E-state index in [4.69, 9.17) is 4.74 Å². The quantitative estimate of drug-likeness (QED) is 0.843. The molecule has 0 bridgehead atoms. The molecule has 0 spiro atoms. The van der Waals surface area contributed by atoms with Crippen LogP contribution in [0.5, 0.6) is 0 Å². The second-order valence-electron chi connectivity index (χ2n) is 6.14. The molecular weight excluding hydrogens is 328 g/mol. The summed E-state index contributed by atoms with van der Waals surface area (Å²) in [6.07, 6.45) is 2.95. The normalized spacial score (nSPS) is 19.2. The van der Waals surface area contributed by atoms with Crippen LogP contribution in [0, 0.1) is 0 Å². The van der Waals surface area contributed by atoms with Crippen LogP contribution >= 0.6 is 0 Å². The van der Waals surface area contributed by atoms with Crippen LogP contribution in [0.3, 0.4) is 0 Å². The van der Waals surface area contributed by atoms with Crippen molar-refractivity contribution in [2.45, 2.75) is 37.3 Å². The number of ether oxygens (including phenoxy) is 1. The molecule has 0 N–H and O–H groups in total. The topological polar surface area (TPSA) is 77.3 Å². The van der Waals surface area contributed by atoms with Gasteiger partial charge in [0.05, 0.1) is 11.5 Å². The second-order valence-corrected chi connectivity index (χ2v) is 8.07. The van der Waals surface area contributed by atoms with E-state index >= 15 is 0 Å². The molecule has 2 aromatic rings. The second kappa shape index (κ2) is 6.27. The molecule has 3 heterocycles. The van der Waals surface area contributed by atoms with Crippen LogP contribution in [-0.4, -0.2) is 47.2 Å². The van der Waals surface area contributed by atoms with Gasteiger partial charge in [-0.15, -0.1) is 10.2 Å². The highest BCUT2D eigenvalue weighted by atomic mass is 32.2. The first-order valence-electron chi connectivity index (χ1n) is 8.27. The lowest BCUT2D eigenvalue weighted by molar-refractivity contribution is 0.0821. The number of aromatic nitrogens is 3. The lowest BCUT2D eigenvalue weighted by atomic mass is 10.2. The van der Waals surface area contributed by atoms with Gasteiger partial charge >= 0.3 is 0 Å². The van der Waals surface area contributed by atoms with E-state index in [0.717, 1.165) is 30.7 Å². The van der Waals surface area contributed by atoms with Gasteiger partial charge < -0.3 is 9.30 Å². The van der Waals surface area contributed by atoms with Gasteiger partial charge in [0.1, 0.15) is 6.61 Å². The Morgan fingerprint density at radius 2 is 1.88 bits per heavy atom. The van der Waals surface area contributed by atoms with Crippen LogP contribution in [0.25, 0.3) is 11.4 Å². The fraction of sp³-hybridized carbons (Fsp3) is 0.500. The number of benzene rings is 1. The Morgan fingerprint density at radius 1 is 1.04 bits per heavy atom. The van der Waals surface area contributed by atoms with E-state index in [2.05, 4.69) is 10.2 Å². The van der Waals surface area contributed by atoms with Gasteiger partial charge in [-0.05, 0) is 25.0 Å². The largest absolute Gasteiger partial charge is 0.372 e. The molecule has 1 aromatic carbocycles. The molecule has 1 fully saturated rings. The van der Waals surface area contributed by atoms with Crippen molar-refractivity contribution in [2.75, 3.05) is 19.7 Å². The molecule has 1 saturated heterocycles. The van der Waals surface area contributed by atoms with Gasteiger partial charge in [0.25, 0.3) is 0 Å². The van der Waals surface area contributed by atoms with Gasteiger partial charge in [0, 0.05) is 25.2 Å². The predicted molar refractivity (Wildman–Crippen MR) is 87.7 cm³/mol. The van der Waals surface area contributed by atoms with Crippen LogP contribution < -0.4 is 0 Å². The van der Waals surface area contributed by atoms with Crippen molar-refractivity contribution in [3.8, 4) is 11.4 Å². The first-order valence-corrected chi connectivity index (χ1v) is 9.71. The molecule has 8 heteroatoms. The molecule has 1 aromatic heterocycles. The summed E-state index contributed by atoms with van der Waals surface area (Å²) in [5, 5.41) is 8.37. The minimum absolute atomic E-state index is 0.325. The van der Waals surface area contributed by atoms with E-state index in [-0.39, 0.29) is 0 Å². The SMILES string of the molecule is O=S(=O)(c1cccc(-c2nnc3n2CCOC3)c1)N1CCCCC1. The third kappa shape index (κ3) is 2.74. The average Bonchev–Trinajstić information content (AvgIpc) is 3.07. The van der Waals surface area contributed by atoms with Crippen molar-refractivity contribution in [1.82, 2.24) is 19.1 Å². The highest BCUT2D eigenvalue weighted by molar-refractivity contribution is 7.89. The van der Waals surface area contributed by atoms with E-state index in [1.165, 1.54) is 0 Å². The maximum atomic E-state index is 12.9. The van der Waals surface area contributed by atoms with Gasteiger partial charge in [-0.25, -0.2) is 8.42 Å². The number of nitrogens with zero attached hydrogens (tertiary/aromatic N) is 4. The lowest BCUT2D eigenvalue weighted by Gasteiger charge is -2.26. The number of piperidine rings is 1. The van der Waals surface area contributed by atoms with Crippen molar-refractivity contribution in [2.24, 2.45) is 0 Å². The minimum atomic E-state index is -3.45. The summed E-state index contributed by atoms with van der Waals surface area (Å²) >= 11 is 0. The van der Waals surface area contributed by atoms with Gasteiger partial charge in [-0.1, -0.05) is 18.6 Å². The summed E-state index contributed by atoms with van der Waals surface area (Å²) in [7, 11) is -3.45. The number of hydrogen-bond acceptors (Lipinski definition) is 5. The smallest absolute Gasteiger partial charge is 0.243 e. The maximum Gasteiger partial charge on any atom is 0.243 e. The monoisotopic (exact) mass is 348 g/mol. The Bertz CT molecular complexity index is 841. The Morgan fingerprint density at radius 3 is 2.71 bits per heavy atom. The average molecular weight is 348 g/mol. The zero-order valence-corrected chi connectivity index (χ0v) is 14.2. The Labute approximate surface area is 141 Å². The first kappa shape index (κ1) is 15.7. The van der Waals surface area contributed by atoms with Gasteiger partial charge in [0.15, 0.2) is 11.6 Å². The van der Waals surface area contributed by atoms with E-state index in [9.17, 15) is 8.42 Å². The fourth-order valence-corrected chi connectivity index (χ4v) is 4.82. The molecule has 128 valence electrons. The Hall–Kier alpha value is -1.77. The molecule has 0 unspecified atom stereocenters. The molecule has 0 saturated carbocycles. The van der Waals surface area contributed by atoms with E-state index in [1.807, 2.05) is 10.6 Å². The summed E-state index contributed by atoms with van der Waals surface area (Å²) in [4.78, 5) is 0.325. The fourth-order valence-electron chi connectivity index (χ4n) is 3.26. The van der Waals surface area contributed by atoms with Crippen LogP contribution in [0.4, 0.5) is 0 Å². The zero-order valence-electron chi connectivity index (χ0n) is 13.4. The molecule has 0 radical (unpaired) electrons. The zero-order chi connectivity index (χ0) is 16.6. The molecule has 0 atom stereocenters. The number of fused-ring (bicyclic) bond motifs is 1. The lowest BCUT2D eigenvalue weighted by Crippen LogP contribution is -2.35. The number of rotatable bonds is 3. The summed E-state index contributed by atoms with van der Waals surface area (Å²) in [6.45, 7) is 2.94. The minimum Gasteiger partial charge on any atom is -0.372 e. The highest BCUT2D eigenvalue weighted by Gasteiger charge is 2.26. The van der Waals surface area contributed by atoms with Gasteiger partial charge in [-0.2, -0.15) is 4.31 Å². The molecule has 2 aliphatic rings. The van der Waals surface area contributed by atoms with Crippen LogP contribution in [0.1, 0.15) is 25.1 Å². The van der Waals surface area contributed by atoms with E-state index in [1.54, 1.807) is 22.5 Å². The van der Waals surface area contributed by atoms with Gasteiger partial charge in [-0.3, -0.25) is 0 Å². The van der Waals surface area contributed by atoms with E-state index in [0.29, 0.717) is 43.6 Å². The Balaban J connectivity index is 1.70. The van der Waals surface area contributed by atoms with Crippen LogP contribution in [0.2, 0.25) is 0 Å². The first-order chi connectivity index (χ1) is 11.7. The third-order valence-electron chi connectivity index (χ3n) is 4.56. The molecule has 24 heavy (non-hydrogen) atoms. The van der Waals surface area contributed by atoms with Gasteiger partial charge in [0.2, 0.25) is 10.0 Å². The van der Waals surface area contributed by atoms with Crippen molar-refractivity contribution in [1.29, 1.82) is 0 Å². The molecular formula is C16H20N4O3S. The van der Waals surface area contributed by atoms with E-state index < -0.39 is 10.0 Å². The van der Waals surface area contributed by atoms with Crippen LogP contribution in [-0.2, 0) is 27.9 Å². The van der Waals surface area contributed by atoms with Crippen molar-refractivity contribution >= 4 is 10.0 Å². The molecule has 0 amide bonds. The maximum absolute atomic E-state index is 12.9. The Kier molecular flexibility index (Phi) is 4.11. The van der Waals surface area contributed by atoms with Crippen molar-refractivity contribution < 1.29 is 13.2 Å². The van der Waals surface area contributed by atoms with Crippen molar-refractivity contribution in [3.63, 3.8) is 0 Å². The molecule has 2 aliphatic heterocycles. The highest BCUT2D eigenvalue weighted by Crippen LogP contribution is 2.26. The summed E-state index contributed by atoms with van der Waals surface area (Å²) in [5.74, 6) is 1.48. The summed E-state index contributed by atoms with van der Waals surface area (Å²) in [6, 6.07) is 7.01. The number of sulfonamides is 1. The molecule has 4 rings (SSSR count). The molecule has 7 nitrogen and oxygen atoms in total. The number of hydrogen-bond donors (Lipinski definition) is 0. The predicted octanol–water partition coefficient (Wildman–Crippen LogP) is 1.65. The van der Waals surface area contributed by atoms with Crippen LogP contribution in [0.15, 0.2) is 29.2 Å². The summed E-state index contributed by atoms with van der Waals surface area (Å²) in [5.41, 5.74) is 0.772. The third-order valence-corrected chi connectivity index (χ3v) is 6.46. The summed E-state index contributed by atoms with van der Waals surface area (Å²) < 4.78 is 34.7. The standard InChI is InChI=1S/C16H20N4O3S/c21-24(22,19-7-2-1-3-8-19)14-6-4-5-13(11-14)16-18-17-15-12-23-10-9-20(15)16/h4-6,11H,1-3,7-10,12H2. The molecule has 0 aliphatic carbocycles.